The van der Waals surface area contributed by atoms with Crippen molar-refractivity contribution in [1.82, 2.24) is 16.0 Å². The Morgan fingerprint density at radius 3 is 2.06 bits per heavy atom. The van der Waals surface area contributed by atoms with Gasteiger partial charge >= 0.3 is 113 Å². The third-order valence-corrected chi connectivity index (χ3v) is 6.49. The summed E-state index contributed by atoms with van der Waals surface area (Å²) in [5.41, 5.74) is 2.46. The van der Waals surface area contributed by atoms with Gasteiger partial charge in [-0.1, -0.05) is 60.7 Å². The number of aromatic hydroxyl groups is 1. The van der Waals surface area contributed by atoms with Crippen LogP contribution in [0.1, 0.15) is 31.8 Å². The van der Waals surface area contributed by atoms with Gasteiger partial charge in [-0.3, -0.25) is 4.79 Å². The van der Waals surface area contributed by atoms with Crippen molar-refractivity contribution >= 4 is 36.9 Å². The number of hydrogen-bond acceptors (Lipinski definition) is 9. The number of aliphatic imine (C=N–C) groups is 1. The van der Waals surface area contributed by atoms with Gasteiger partial charge in [-0.05, 0) is 29.3 Å². The van der Waals surface area contributed by atoms with Crippen molar-refractivity contribution in [3.05, 3.63) is 119 Å². The Labute approximate surface area is 272 Å². The van der Waals surface area contributed by atoms with E-state index in [1.54, 1.807) is 18.2 Å². The SMILES string of the molecule is O=B/C=N/c1ccc(O)c(C(=O)NCCOC(=O)NCCNC(=O)c2cc(OCc3ccccc3)ccc2OCc2ccccc2)c1. The predicted molar refractivity (Wildman–Crippen MR) is 175 cm³/mol. The minimum absolute atomic E-state index is 0.0291. The van der Waals surface area contributed by atoms with Crippen LogP contribution in [0.4, 0.5) is 10.5 Å². The molecule has 0 radical (unpaired) electrons. The quantitative estimate of drug-likeness (QED) is 0.0810. The molecular weight excluding hydrogens is 603 g/mol. The average molecular weight is 636 g/mol. The molecule has 0 aromatic heterocycles. The van der Waals surface area contributed by atoms with E-state index in [2.05, 4.69) is 20.9 Å². The fourth-order valence-electron chi connectivity index (χ4n) is 4.17. The van der Waals surface area contributed by atoms with E-state index in [1.165, 1.54) is 18.2 Å². The van der Waals surface area contributed by atoms with Crippen LogP contribution in [0, 0.1) is 0 Å². The van der Waals surface area contributed by atoms with Crippen LogP contribution in [0.25, 0.3) is 0 Å². The molecule has 0 bridgehead atoms. The molecule has 3 amide bonds. The normalized spacial score (nSPS) is 10.5. The molecule has 0 aliphatic rings. The first-order valence-corrected chi connectivity index (χ1v) is 14.7. The van der Waals surface area contributed by atoms with E-state index in [0.29, 0.717) is 30.9 Å². The van der Waals surface area contributed by atoms with Crippen LogP contribution in [0.5, 0.6) is 17.2 Å². The fourth-order valence-corrected chi connectivity index (χ4v) is 4.17. The van der Waals surface area contributed by atoms with Crippen molar-refractivity contribution in [2.75, 3.05) is 26.2 Å². The number of alkyl carbamates (subject to hydrolysis) is 1. The number of nitrogens with one attached hydrogen (secondary N) is 3. The van der Waals surface area contributed by atoms with Gasteiger partial charge in [0.2, 0.25) is 0 Å². The van der Waals surface area contributed by atoms with Gasteiger partial charge in [0.25, 0.3) is 5.91 Å². The number of rotatable bonds is 16. The number of ether oxygens (including phenoxy) is 3. The van der Waals surface area contributed by atoms with Gasteiger partial charge in [-0.2, -0.15) is 0 Å². The summed E-state index contributed by atoms with van der Waals surface area (Å²) in [7, 11) is 0.490. The second-order valence-electron chi connectivity index (χ2n) is 9.90. The molecule has 4 N–H and O–H groups in total. The summed E-state index contributed by atoms with van der Waals surface area (Å²) < 4.78 is 27.4. The summed E-state index contributed by atoms with van der Waals surface area (Å²) in [6.07, 6.45) is 0.274. The maximum absolute atomic E-state index is 13.2. The van der Waals surface area contributed by atoms with Gasteiger partial charge in [0.1, 0.15) is 24.7 Å². The topological polar surface area (TPSA) is 165 Å². The Morgan fingerprint density at radius 2 is 1.36 bits per heavy atom. The van der Waals surface area contributed by atoms with Gasteiger partial charge in [0, 0.05) is 13.1 Å². The van der Waals surface area contributed by atoms with Gasteiger partial charge in [0.05, 0.1) is 5.56 Å². The van der Waals surface area contributed by atoms with E-state index in [1.807, 2.05) is 60.7 Å². The van der Waals surface area contributed by atoms with Crippen molar-refractivity contribution in [3.8, 4) is 17.2 Å². The zero-order valence-corrected chi connectivity index (χ0v) is 25.4. The number of phenolic OH excluding ortho intramolecular Hbond substituents is 1. The Morgan fingerprint density at radius 1 is 0.723 bits per heavy atom. The molecular formula is C34H33BN4O8. The molecule has 0 saturated heterocycles. The van der Waals surface area contributed by atoms with E-state index in [-0.39, 0.29) is 49.7 Å². The molecule has 13 heteroatoms. The third kappa shape index (κ3) is 11.2. The summed E-state index contributed by atoms with van der Waals surface area (Å²) in [6.45, 7) is 0.589. The zero-order chi connectivity index (χ0) is 33.3. The fraction of sp³-hybridized carbons (Fsp3) is 0.176. The summed E-state index contributed by atoms with van der Waals surface area (Å²) >= 11 is 0. The second-order valence-corrected chi connectivity index (χ2v) is 9.90. The first-order chi connectivity index (χ1) is 22.9. The third-order valence-electron chi connectivity index (χ3n) is 6.49. The number of benzene rings is 4. The monoisotopic (exact) mass is 636 g/mol. The molecule has 0 spiro atoms. The van der Waals surface area contributed by atoms with Crippen molar-refractivity contribution in [3.63, 3.8) is 0 Å². The average Bonchev–Trinajstić information content (AvgIpc) is 3.10. The van der Waals surface area contributed by atoms with Gasteiger partial charge in [-0.25, -0.2) is 0 Å². The number of hydrogen-bond donors (Lipinski definition) is 4. The van der Waals surface area contributed by atoms with E-state index in [4.69, 9.17) is 14.2 Å². The van der Waals surface area contributed by atoms with E-state index >= 15 is 0 Å². The molecule has 0 atom stereocenters. The molecule has 0 aliphatic carbocycles. The van der Waals surface area contributed by atoms with Gasteiger partial charge in [0.15, 0.2) is 0 Å². The van der Waals surface area contributed by atoms with E-state index in [0.717, 1.165) is 17.2 Å². The Hall–Kier alpha value is -5.98. The van der Waals surface area contributed by atoms with Crippen LogP contribution in [0.15, 0.2) is 102 Å². The van der Waals surface area contributed by atoms with Crippen molar-refractivity contribution < 1.29 is 38.4 Å². The number of phenols is 1. The van der Waals surface area contributed by atoms with Crippen molar-refractivity contribution in [1.29, 1.82) is 0 Å². The van der Waals surface area contributed by atoms with Crippen LogP contribution in [0.3, 0.4) is 0 Å². The standard InChI is InChI=1S/C34H33BN4O8/c40-30-13-11-26(39-23-35-44)19-28(30)32(41)37-17-18-45-34(43)38-16-15-36-33(42)29-20-27(46-21-24-7-3-1-4-8-24)12-14-31(29)47-22-25-9-5-2-6-10-25/h1-14,19-20,23,40H,15-18,21-22H2,(H,36,42)(H,37,41)(H,38,43)/b39-23+. The summed E-state index contributed by atoms with van der Waals surface area (Å²) in [6, 6.07) is 28.3. The molecule has 4 aromatic rings. The van der Waals surface area contributed by atoms with Crippen molar-refractivity contribution in [2.24, 2.45) is 4.99 Å². The number of nitrogens with zero attached hydrogens (tertiary/aromatic N) is 1. The van der Waals surface area contributed by atoms with Crippen LogP contribution >= 0.6 is 0 Å². The molecule has 0 heterocycles. The number of amides is 3. The predicted octanol–water partition coefficient (Wildman–Crippen LogP) is 4.15. The minimum atomic E-state index is -0.746. The zero-order valence-electron chi connectivity index (χ0n) is 25.4. The first-order valence-electron chi connectivity index (χ1n) is 14.7. The molecule has 0 aliphatic heterocycles. The molecule has 240 valence electrons. The van der Waals surface area contributed by atoms with Crippen LogP contribution in [-0.2, 0) is 22.7 Å². The van der Waals surface area contributed by atoms with Crippen LogP contribution in [-0.4, -0.2) is 62.5 Å². The molecule has 47 heavy (non-hydrogen) atoms. The van der Waals surface area contributed by atoms with Crippen LogP contribution in [0.2, 0.25) is 0 Å². The van der Waals surface area contributed by atoms with E-state index in [9.17, 15) is 24.2 Å². The Balaban J connectivity index is 1.23. The molecule has 4 aromatic carbocycles. The summed E-state index contributed by atoms with van der Waals surface area (Å²) in [4.78, 5) is 41.5. The summed E-state index contributed by atoms with van der Waals surface area (Å²) in [5, 5.41) is 17.8. The molecule has 0 fully saturated rings. The number of carbonyl (C=O) groups excluding carboxylic acids is 3. The molecule has 4 rings (SSSR count). The van der Waals surface area contributed by atoms with Gasteiger partial charge in [-0.15, -0.1) is 0 Å². The number of carbonyl (C=O) groups is 3. The molecule has 0 saturated carbocycles. The molecule has 0 unspecified atom stereocenters. The first kappa shape index (κ1) is 33.9. The van der Waals surface area contributed by atoms with Gasteiger partial charge < -0.3 is 14.8 Å². The Kier molecular flexibility index (Phi) is 13.1. The maximum atomic E-state index is 13.2. The summed E-state index contributed by atoms with van der Waals surface area (Å²) in [5.74, 6) is -0.426. The van der Waals surface area contributed by atoms with E-state index < -0.39 is 17.9 Å². The second kappa shape index (κ2) is 18.1. The Bertz CT molecular complexity index is 1690. The van der Waals surface area contributed by atoms with Crippen molar-refractivity contribution in [2.45, 2.75) is 13.2 Å². The van der Waals surface area contributed by atoms with Crippen LogP contribution < -0.4 is 25.4 Å². The molecule has 12 nitrogen and oxygen atoms in total.